The molecule has 0 spiro atoms. The third kappa shape index (κ3) is 5.42. The van der Waals surface area contributed by atoms with E-state index < -0.39 is 0 Å². The average Bonchev–Trinajstić information content (AvgIpc) is 2.59. The van der Waals surface area contributed by atoms with Gasteiger partial charge in [-0.05, 0) is 11.1 Å². The van der Waals surface area contributed by atoms with Crippen LogP contribution in [0.25, 0.3) is 0 Å². The lowest BCUT2D eigenvalue weighted by Gasteiger charge is -2.21. The van der Waals surface area contributed by atoms with Crippen molar-refractivity contribution in [2.24, 2.45) is 4.99 Å². The van der Waals surface area contributed by atoms with Gasteiger partial charge < -0.3 is 15.3 Å². The summed E-state index contributed by atoms with van der Waals surface area (Å²) in [6.45, 7) is 1.39. The molecule has 0 heterocycles. The van der Waals surface area contributed by atoms with Crippen LogP contribution >= 0.6 is 0 Å². The van der Waals surface area contributed by atoms with Crippen LogP contribution in [-0.4, -0.2) is 43.2 Å². The number of aliphatic hydroxyl groups is 1. The largest absolute Gasteiger partial charge is 0.396 e. The van der Waals surface area contributed by atoms with Gasteiger partial charge in [0.2, 0.25) is 0 Å². The van der Waals surface area contributed by atoms with Gasteiger partial charge in [-0.3, -0.25) is 0 Å². The SMILES string of the molecule is CN(C)C(=NCc1ccccc1)NCC(CO)c1ccccc1. The minimum absolute atomic E-state index is 0.0538. The van der Waals surface area contributed by atoms with E-state index in [0.29, 0.717) is 13.1 Å². The summed E-state index contributed by atoms with van der Waals surface area (Å²) >= 11 is 0. The Morgan fingerprint density at radius 1 is 1.04 bits per heavy atom. The maximum atomic E-state index is 9.65. The average molecular weight is 311 g/mol. The second-order valence-corrected chi connectivity index (χ2v) is 5.69. The molecule has 2 rings (SSSR count). The van der Waals surface area contributed by atoms with Gasteiger partial charge in [0.25, 0.3) is 0 Å². The fraction of sp³-hybridized carbons (Fsp3) is 0.316. The molecule has 4 nitrogen and oxygen atoms in total. The van der Waals surface area contributed by atoms with Gasteiger partial charge in [0, 0.05) is 26.6 Å². The molecule has 0 aliphatic heterocycles. The van der Waals surface area contributed by atoms with Crippen LogP contribution in [-0.2, 0) is 6.54 Å². The van der Waals surface area contributed by atoms with Crippen molar-refractivity contribution in [2.45, 2.75) is 12.5 Å². The quantitative estimate of drug-likeness (QED) is 0.636. The van der Waals surface area contributed by atoms with Crippen LogP contribution in [0.5, 0.6) is 0 Å². The number of guanidine groups is 1. The topological polar surface area (TPSA) is 47.9 Å². The zero-order chi connectivity index (χ0) is 16.5. The van der Waals surface area contributed by atoms with Crippen molar-refractivity contribution < 1.29 is 5.11 Å². The van der Waals surface area contributed by atoms with Gasteiger partial charge in [0.1, 0.15) is 0 Å². The fourth-order valence-electron chi connectivity index (χ4n) is 2.33. The van der Waals surface area contributed by atoms with Crippen LogP contribution in [0.15, 0.2) is 65.7 Å². The fourth-order valence-corrected chi connectivity index (χ4v) is 2.33. The molecule has 0 aliphatic rings. The number of benzene rings is 2. The normalized spacial score (nSPS) is 12.7. The molecular formula is C19H25N3O. The Kier molecular flexibility index (Phi) is 6.63. The van der Waals surface area contributed by atoms with E-state index >= 15 is 0 Å². The summed E-state index contributed by atoms with van der Waals surface area (Å²) in [5.41, 5.74) is 2.30. The minimum atomic E-state index is 0.0538. The summed E-state index contributed by atoms with van der Waals surface area (Å²) in [6, 6.07) is 20.2. The summed E-state index contributed by atoms with van der Waals surface area (Å²) in [5, 5.41) is 13.0. The van der Waals surface area contributed by atoms with Gasteiger partial charge in [-0.25, -0.2) is 4.99 Å². The highest BCUT2D eigenvalue weighted by atomic mass is 16.3. The van der Waals surface area contributed by atoms with E-state index in [1.807, 2.05) is 67.5 Å². The molecule has 122 valence electrons. The second-order valence-electron chi connectivity index (χ2n) is 5.69. The lowest BCUT2D eigenvalue weighted by atomic mass is 10.0. The molecule has 2 aromatic carbocycles. The number of hydrogen-bond donors (Lipinski definition) is 2. The van der Waals surface area contributed by atoms with E-state index in [2.05, 4.69) is 22.4 Å². The molecule has 0 saturated carbocycles. The molecule has 0 fully saturated rings. The first-order valence-corrected chi connectivity index (χ1v) is 7.86. The molecular weight excluding hydrogens is 286 g/mol. The Balaban J connectivity index is 1.99. The maximum absolute atomic E-state index is 9.65. The van der Waals surface area contributed by atoms with Crippen molar-refractivity contribution in [3.05, 3.63) is 71.8 Å². The van der Waals surface area contributed by atoms with E-state index in [9.17, 15) is 5.11 Å². The maximum Gasteiger partial charge on any atom is 0.193 e. The molecule has 0 bridgehead atoms. The zero-order valence-electron chi connectivity index (χ0n) is 13.8. The van der Waals surface area contributed by atoms with E-state index in [0.717, 1.165) is 11.5 Å². The van der Waals surface area contributed by atoms with Crippen LogP contribution in [0.2, 0.25) is 0 Å². The standard InChI is InChI=1S/C19H25N3O/c1-22(2)19(20-13-16-9-5-3-6-10-16)21-14-18(15-23)17-11-7-4-8-12-17/h3-12,18,23H,13-15H2,1-2H3,(H,20,21). The second kappa shape index (κ2) is 8.96. The van der Waals surface area contributed by atoms with Crippen molar-refractivity contribution in [3.63, 3.8) is 0 Å². The number of nitrogens with zero attached hydrogens (tertiary/aromatic N) is 2. The van der Waals surface area contributed by atoms with Crippen molar-refractivity contribution in [1.82, 2.24) is 10.2 Å². The Bertz CT molecular complexity index is 597. The first-order chi connectivity index (χ1) is 11.2. The highest BCUT2D eigenvalue weighted by molar-refractivity contribution is 5.79. The van der Waals surface area contributed by atoms with Gasteiger partial charge in [0.15, 0.2) is 5.96 Å². The molecule has 4 heteroatoms. The predicted molar refractivity (Wildman–Crippen MR) is 95.5 cm³/mol. The predicted octanol–water partition coefficient (Wildman–Crippen LogP) is 2.47. The van der Waals surface area contributed by atoms with Crippen LogP contribution in [0.4, 0.5) is 0 Å². The first kappa shape index (κ1) is 17.0. The molecule has 0 amide bonds. The Labute approximate surface area is 138 Å². The van der Waals surface area contributed by atoms with Gasteiger partial charge in [-0.1, -0.05) is 60.7 Å². The Hall–Kier alpha value is -2.33. The van der Waals surface area contributed by atoms with Gasteiger partial charge in [0.05, 0.1) is 13.2 Å². The number of aliphatic imine (C=N–C) groups is 1. The van der Waals surface area contributed by atoms with E-state index in [1.54, 1.807) is 0 Å². The first-order valence-electron chi connectivity index (χ1n) is 7.86. The molecule has 0 aromatic heterocycles. The molecule has 23 heavy (non-hydrogen) atoms. The molecule has 0 aliphatic carbocycles. The van der Waals surface area contributed by atoms with E-state index in [4.69, 9.17) is 0 Å². The number of aliphatic hydroxyl groups excluding tert-OH is 1. The number of rotatable bonds is 6. The monoisotopic (exact) mass is 311 g/mol. The summed E-state index contributed by atoms with van der Waals surface area (Å²) in [5.74, 6) is 0.876. The van der Waals surface area contributed by atoms with Gasteiger partial charge in [-0.2, -0.15) is 0 Å². The molecule has 0 radical (unpaired) electrons. The van der Waals surface area contributed by atoms with Crippen molar-refractivity contribution in [1.29, 1.82) is 0 Å². The van der Waals surface area contributed by atoms with Gasteiger partial charge in [-0.15, -0.1) is 0 Å². The Morgan fingerprint density at radius 2 is 1.65 bits per heavy atom. The third-order valence-corrected chi connectivity index (χ3v) is 3.68. The van der Waals surface area contributed by atoms with Crippen LogP contribution < -0.4 is 5.32 Å². The van der Waals surface area contributed by atoms with Crippen molar-refractivity contribution >= 4 is 5.96 Å². The van der Waals surface area contributed by atoms with Gasteiger partial charge >= 0.3 is 0 Å². The number of hydrogen-bond acceptors (Lipinski definition) is 2. The highest BCUT2D eigenvalue weighted by Crippen LogP contribution is 2.13. The summed E-state index contributed by atoms with van der Waals surface area (Å²) in [6.07, 6.45) is 0. The summed E-state index contributed by atoms with van der Waals surface area (Å²) in [4.78, 5) is 6.60. The third-order valence-electron chi connectivity index (χ3n) is 3.68. The van der Waals surface area contributed by atoms with E-state index in [-0.39, 0.29) is 12.5 Å². The summed E-state index contributed by atoms with van der Waals surface area (Å²) < 4.78 is 0. The zero-order valence-corrected chi connectivity index (χ0v) is 13.8. The van der Waals surface area contributed by atoms with Crippen molar-refractivity contribution in [3.8, 4) is 0 Å². The van der Waals surface area contributed by atoms with Crippen LogP contribution in [0, 0.1) is 0 Å². The van der Waals surface area contributed by atoms with Crippen molar-refractivity contribution in [2.75, 3.05) is 27.2 Å². The molecule has 2 N–H and O–H groups in total. The van der Waals surface area contributed by atoms with Crippen LogP contribution in [0.1, 0.15) is 17.0 Å². The highest BCUT2D eigenvalue weighted by Gasteiger charge is 2.11. The van der Waals surface area contributed by atoms with E-state index in [1.165, 1.54) is 5.56 Å². The smallest absolute Gasteiger partial charge is 0.193 e. The summed E-state index contributed by atoms with van der Waals surface area (Å²) in [7, 11) is 3.93. The lowest BCUT2D eigenvalue weighted by Crippen LogP contribution is -2.39. The molecule has 1 atom stereocenters. The molecule has 0 saturated heterocycles. The minimum Gasteiger partial charge on any atom is -0.396 e. The number of nitrogens with one attached hydrogen (secondary N) is 1. The lowest BCUT2D eigenvalue weighted by molar-refractivity contribution is 0.264. The Morgan fingerprint density at radius 3 is 2.22 bits per heavy atom. The van der Waals surface area contributed by atoms with Crippen LogP contribution in [0.3, 0.4) is 0 Å². The molecule has 1 unspecified atom stereocenters. The molecule has 2 aromatic rings.